The van der Waals surface area contributed by atoms with Gasteiger partial charge in [0.15, 0.2) is 6.10 Å². The molecule has 0 N–H and O–H groups in total. The zero-order valence-electron chi connectivity index (χ0n) is 19.1. The molecule has 1 aliphatic heterocycles. The van der Waals surface area contributed by atoms with Crippen LogP contribution in [0.2, 0.25) is 0 Å². The van der Waals surface area contributed by atoms with Crippen LogP contribution >= 0.6 is 0 Å². The second-order valence-electron chi connectivity index (χ2n) is 8.55. The number of carbonyl (C=O) groups is 2. The fourth-order valence-electron chi connectivity index (χ4n) is 3.80. The molecule has 0 radical (unpaired) electrons. The smallest absolute Gasteiger partial charge is 0.349 e. The number of esters is 1. The molecular weight excluding hydrogens is 382 g/mol. The Bertz CT molecular complexity index is 853. The first kappa shape index (κ1) is 23.7. The van der Waals surface area contributed by atoms with Gasteiger partial charge in [0.1, 0.15) is 11.6 Å². The SMILES string of the molecule is Cc1cc(/C=C(\C#N)C(=O)OC(C)C(=O)N2CC(C)OC(C)C2)c(C)n1CC(C)C. The Morgan fingerprint density at radius 2 is 1.87 bits per heavy atom. The van der Waals surface area contributed by atoms with Crippen LogP contribution in [0.25, 0.3) is 6.08 Å². The molecule has 2 heterocycles. The minimum absolute atomic E-state index is 0.0729. The first-order valence-electron chi connectivity index (χ1n) is 10.5. The van der Waals surface area contributed by atoms with Crippen molar-refractivity contribution in [3.8, 4) is 6.07 Å². The number of amides is 1. The van der Waals surface area contributed by atoms with E-state index in [2.05, 4.69) is 18.4 Å². The average Bonchev–Trinajstić information content (AvgIpc) is 2.91. The number of ether oxygens (including phenoxy) is 2. The van der Waals surface area contributed by atoms with Crippen LogP contribution < -0.4 is 0 Å². The van der Waals surface area contributed by atoms with E-state index < -0.39 is 12.1 Å². The minimum atomic E-state index is -0.972. The molecule has 1 aromatic rings. The van der Waals surface area contributed by atoms with Crippen molar-refractivity contribution in [3.63, 3.8) is 0 Å². The number of hydrogen-bond acceptors (Lipinski definition) is 5. The van der Waals surface area contributed by atoms with Gasteiger partial charge in [0.2, 0.25) is 0 Å². The van der Waals surface area contributed by atoms with Crippen molar-refractivity contribution < 1.29 is 19.1 Å². The number of nitriles is 1. The van der Waals surface area contributed by atoms with E-state index in [1.54, 1.807) is 4.90 Å². The zero-order chi connectivity index (χ0) is 22.6. The molecule has 1 fully saturated rings. The fourth-order valence-corrected chi connectivity index (χ4v) is 3.80. The standard InChI is InChI=1S/C23H33N3O4/c1-14(2)11-26-15(3)8-20(18(26)6)9-21(10-24)23(28)30-19(7)22(27)25-12-16(4)29-17(5)13-25/h8-9,14,16-17,19H,11-13H2,1-7H3/b21-9+. The van der Waals surface area contributed by atoms with E-state index in [9.17, 15) is 14.9 Å². The second kappa shape index (κ2) is 9.94. The monoisotopic (exact) mass is 415 g/mol. The van der Waals surface area contributed by atoms with E-state index in [4.69, 9.17) is 9.47 Å². The molecule has 3 atom stereocenters. The van der Waals surface area contributed by atoms with Gasteiger partial charge < -0.3 is 18.9 Å². The molecule has 1 aromatic heterocycles. The van der Waals surface area contributed by atoms with E-state index in [1.807, 2.05) is 39.8 Å². The number of nitrogens with zero attached hydrogens (tertiary/aromatic N) is 3. The Kier molecular flexibility index (Phi) is 7.85. The lowest BCUT2D eigenvalue weighted by Gasteiger charge is -2.36. The summed E-state index contributed by atoms with van der Waals surface area (Å²) >= 11 is 0. The maximum Gasteiger partial charge on any atom is 0.349 e. The highest BCUT2D eigenvalue weighted by Crippen LogP contribution is 2.20. The van der Waals surface area contributed by atoms with E-state index in [1.165, 1.54) is 13.0 Å². The number of rotatable bonds is 6. The molecule has 2 rings (SSSR count). The first-order chi connectivity index (χ1) is 14.0. The van der Waals surface area contributed by atoms with E-state index in [0.29, 0.717) is 19.0 Å². The van der Waals surface area contributed by atoms with Crippen LogP contribution in [0.4, 0.5) is 0 Å². The summed E-state index contributed by atoms with van der Waals surface area (Å²) in [4.78, 5) is 26.9. The van der Waals surface area contributed by atoms with Crippen molar-refractivity contribution in [1.82, 2.24) is 9.47 Å². The summed E-state index contributed by atoms with van der Waals surface area (Å²) < 4.78 is 13.1. The molecule has 0 spiro atoms. The predicted molar refractivity (Wildman–Crippen MR) is 114 cm³/mol. The summed E-state index contributed by atoms with van der Waals surface area (Å²) in [6.07, 6.45) is 0.421. The van der Waals surface area contributed by atoms with E-state index >= 15 is 0 Å². The van der Waals surface area contributed by atoms with Gasteiger partial charge in [-0.05, 0) is 58.2 Å². The quantitative estimate of drug-likeness (QED) is 0.405. The normalized spacial score (nSPS) is 20.8. The molecular formula is C23H33N3O4. The molecule has 0 aromatic carbocycles. The lowest BCUT2D eigenvalue weighted by molar-refractivity contribution is -0.161. The number of morpholine rings is 1. The molecule has 1 aliphatic rings. The molecule has 7 nitrogen and oxygen atoms in total. The van der Waals surface area contributed by atoms with Gasteiger partial charge in [-0.25, -0.2) is 4.79 Å². The van der Waals surface area contributed by atoms with E-state index in [0.717, 1.165) is 23.5 Å². The van der Waals surface area contributed by atoms with Crippen LogP contribution in [-0.4, -0.2) is 52.7 Å². The zero-order valence-corrected chi connectivity index (χ0v) is 19.1. The Morgan fingerprint density at radius 3 is 2.40 bits per heavy atom. The number of hydrogen-bond donors (Lipinski definition) is 0. The van der Waals surface area contributed by atoms with Gasteiger partial charge in [0.05, 0.1) is 12.2 Å². The minimum Gasteiger partial charge on any atom is -0.448 e. The first-order valence-corrected chi connectivity index (χ1v) is 10.5. The topological polar surface area (TPSA) is 84.6 Å². The van der Waals surface area contributed by atoms with Crippen LogP contribution in [0.15, 0.2) is 11.6 Å². The molecule has 1 amide bonds. The van der Waals surface area contributed by atoms with Crippen LogP contribution in [-0.2, 0) is 25.6 Å². The third-order valence-corrected chi connectivity index (χ3v) is 5.16. The highest BCUT2D eigenvalue weighted by Gasteiger charge is 2.31. The third kappa shape index (κ3) is 5.73. The molecule has 0 bridgehead atoms. The Balaban J connectivity index is 2.13. The lowest BCUT2D eigenvalue weighted by atomic mass is 10.1. The lowest BCUT2D eigenvalue weighted by Crippen LogP contribution is -2.51. The number of aryl methyl sites for hydroxylation is 1. The van der Waals surface area contributed by atoms with Crippen LogP contribution in [0.5, 0.6) is 0 Å². The Labute approximate surface area is 179 Å². The van der Waals surface area contributed by atoms with Crippen LogP contribution in [0, 0.1) is 31.1 Å². The van der Waals surface area contributed by atoms with Gasteiger partial charge in [-0.3, -0.25) is 4.79 Å². The summed E-state index contributed by atoms with van der Waals surface area (Å²) in [5.74, 6) is -0.594. The number of aromatic nitrogens is 1. The highest BCUT2D eigenvalue weighted by molar-refractivity contribution is 5.99. The van der Waals surface area contributed by atoms with Crippen molar-refractivity contribution in [2.75, 3.05) is 13.1 Å². The highest BCUT2D eigenvalue weighted by atomic mass is 16.5. The van der Waals surface area contributed by atoms with Gasteiger partial charge in [0.25, 0.3) is 5.91 Å². The summed E-state index contributed by atoms with van der Waals surface area (Å²) in [5, 5.41) is 9.50. The molecule has 1 saturated heterocycles. The molecule has 3 unspecified atom stereocenters. The van der Waals surface area contributed by atoms with E-state index in [-0.39, 0.29) is 23.7 Å². The average molecular weight is 416 g/mol. The summed E-state index contributed by atoms with van der Waals surface area (Å²) in [5.41, 5.74) is 2.74. The van der Waals surface area contributed by atoms with Gasteiger partial charge >= 0.3 is 5.97 Å². The van der Waals surface area contributed by atoms with Crippen molar-refractivity contribution in [2.24, 2.45) is 5.92 Å². The molecule has 164 valence electrons. The summed E-state index contributed by atoms with van der Waals surface area (Å²) in [7, 11) is 0. The molecule has 0 saturated carbocycles. The third-order valence-electron chi connectivity index (χ3n) is 5.16. The Morgan fingerprint density at radius 1 is 1.27 bits per heavy atom. The maximum atomic E-state index is 12.7. The van der Waals surface area contributed by atoms with Gasteiger partial charge in [-0.15, -0.1) is 0 Å². The number of carbonyl (C=O) groups excluding carboxylic acids is 2. The van der Waals surface area contributed by atoms with Gasteiger partial charge in [-0.2, -0.15) is 5.26 Å². The van der Waals surface area contributed by atoms with Crippen molar-refractivity contribution in [3.05, 3.63) is 28.6 Å². The van der Waals surface area contributed by atoms with Crippen LogP contribution in [0.1, 0.15) is 51.6 Å². The largest absolute Gasteiger partial charge is 0.448 e. The summed E-state index contributed by atoms with van der Waals surface area (Å²) in [6.45, 7) is 15.4. The molecule has 0 aliphatic carbocycles. The maximum absolute atomic E-state index is 12.7. The van der Waals surface area contributed by atoms with Crippen molar-refractivity contribution in [1.29, 1.82) is 5.26 Å². The van der Waals surface area contributed by atoms with Crippen molar-refractivity contribution >= 4 is 18.0 Å². The van der Waals surface area contributed by atoms with Crippen molar-refractivity contribution in [2.45, 2.75) is 73.3 Å². The molecule has 7 heteroatoms. The molecule has 30 heavy (non-hydrogen) atoms. The van der Waals surface area contributed by atoms with Gasteiger partial charge in [0, 0.05) is 31.0 Å². The Hall–Kier alpha value is -2.59. The fraction of sp³-hybridized carbons (Fsp3) is 0.609. The predicted octanol–water partition coefficient (Wildman–Crippen LogP) is 3.24. The summed E-state index contributed by atoms with van der Waals surface area (Å²) in [6, 6.07) is 3.87. The van der Waals surface area contributed by atoms with Gasteiger partial charge in [-0.1, -0.05) is 13.8 Å². The van der Waals surface area contributed by atoms with Crippen LogP contribution in [0.3, 0.4) is 0 Å². The second-order valence-corrected chi connectivity index (χ2v) is 8.55.